The molecule has 9 heteroatoms. The van der Waals surface area contributed by atoms with Gasteiger partial charge in [-0.15, -0.1) is 11.3 Å². The van der Waals surface area contributed by atoms with Gasteiger partial charge in [0.05, 0.1) is 22.9 Å². The highest BCUT2D eigenvalue weighted by molar-refractivity contribution is 7.89. The summed E-state index contributed by atoms with van der Waals surface area (Å²) >= 11 is 7.37. The van der Waals surface area contributed by atoms with Crippen LogP contribution in [0.5, 0.6) is 5.75 Å². The third kappa shape index (κ3) is 5.70. The topological polar surface area (TPSA) is 75.7 Å². The summed E-state index contributed by atoms with van der Waals surface area (Å²) in [5, 5.41) is 0. The Bertz CT molecular complexity index is 895. The lowest BCUT2D eigenvalue weighted by atomic mass is 10.0. The molecule has 0 saturated heterocycles. The predicted octanol–water partition coefficient (Wildman–Crippen LogP) is 3.76. The number of methoxy groups -OCH3 is 1. The molecule has 0 unspecified atom stereocenters. The highest BCUT2D eigenvalue weighted by Crippen LogP contribution is 2.23. The normalized spacial score (nSPS) is 12.8. The molecule has 1 heterocycles. The number of rotatable bonds is 9. The zero-order valence-corrected chi connectivity index (χ0v) is 18.7. The molecule has 2 rings (SSSR count). The van der Waals surface area contributed by atoms with E-state index in [0.717, 1.165) is 4.88 Å². The summed E-state index contributed by atoms with van der Waals surface area (Å²) in [6.07, 6.45) is 0. The van der Waals surface area contributed by atoms with E-state index in [2.05, 4.69) is 4.72 Å². The zero-order valence-electron chi connectivity index (χ0n) is 16.3. The lowest BCUT2D eigenvalue weighted by Crippen LogP contribution is -2.50. The predicted molar refractivity (Wildman–Crippen MR) is 112 cm³/mol. The van der Waals surface area contributed by atoms with Crippen LogP contribution in [0.15, 0.2) is 41.3 Å². The summed E-state index contributed by atoms with van der Waals surface area (Å²) in [4.78, 5) is 15.7. The first kappa shape index (κ1) is 22.7. The number of hydrogen-bond acceptors (Lipinski definition) is 5. The summed E-state index contributed by atoms with van der Waals surface area (Å²) in [5.41, 5.74) is 0. The fourth-order valence-corrected chi connectivity index (χ4v) is 5.07. The Hall–Kier alpha value is -1.61. The number of hydrogen-bond donors (Lipinski definition) is 1. The summed E-state index contributed by atoms with van der Waals surface area (Å²) in [6.45, 7) is 6.34. The van der Waals surface area contributed by atoms with Crippen molar-refractivity contribution in [3.63, 3.8) is 0 Å². The maximum atomic E-state index is 13.1. The van der Waals surface area contributed by atoms with E-state index in [1.54, 1.807) is 23.1 Å². The monoisotopic (exact) mass is 444 g/mol. The molecule has 0 aliphatic heterocycles. The largest absolute Gasteiger partial charge is 0.497 e. The van der Waals surface area contributed by atoms with Crippen LogP contribution in [0.3, 0.4) is 0 Å². The molecule has 1 atom stereocenters. The standard InChI is InChI=1S/C19H25ClN2O4S2/c1-5-22(12-15-8-11-17(20)27-15)19(23)18(13(2)3)21-28(24,25)16-9-6-14(26-4)7-10-16/h6-11,13,18,21H,5,12H2,1-4H3/t18-/m0/s1. The number of ether oxygens (including phenoxy) is 1. The third-order valence-corrected chi connectivity index (χ3v) is 6.93. The molecule has 0 saturated carbocycles. The van der Waals surface area contributed by atoms with Gasteiger partial charge in [-0.05, 0) is 49.2 Å². The van der Waals surface area contributed by atoms with Crippen molar-refractivity contribution in [2.24, 2.45) is 5.92 Å². The van der Waals surface area contributed by atoms with Gasteiger partial charge < -0.3 is 9.64 Å². The minimum absolute atomic E-state index is 0.0832. The van der Waals surface area contributed by atoms with Crippen LogP contribution in [0.25, 0.3) is 0 Å². The number of nitrogens with zero attached hydrogens (tertiary/aromatic N) is 1. The van der Waals surface area contributed by atoms with E-state index >= 15 is 0 Å². The van der Waals surface area contributed by atoms with Crippen LogP contribution >= 0.6 is 22.9 Å². The Balaban J connectivity index is 2.21. The molecule has 2 aromatic rings. The quantitative estimate of drug-likeness (QED) is 0.638. The van der Waals surface area contributed by atoms with E-state index < -0.39 is 16.1 Å². The van der Waals surface area contributed by atoms with Crippen LogP contribution in [0.4, 0.5) is 0 Å². The second kappa shape index (κ2) is 9.73. The molecule has 1 aromatic carbocycles. The molecular weight excluding hydrogens is 420 g/mol. The van der Waals surface area contributed by atoms with Crippen molar-refractivity contribution in [2.75, 3.05) is 13.7 Å². The maximum Gasteiger partial charge on any atom is 0.241 e. The highest BCUT2D eigenvalue weighted by atomic mass is 35.5. The van der Waals surface area contributed by atoms with E-state index in [0.29, 0.717) is 23.2 Å². The zero-order chi connectivity index (χ0) is 20.9. The number of nitrogens with one attached hydrogen (secondary N) is 1. The smallest absolute Gasteiger partial charge is 0.241 e. The lowest BCUT2D eigenvalue weighted by molar-refractivity contribution is -0.134. The molecule has 0 fully saturated rings. The van der Waals surface area contributed by atoms with E-state index in [4.69, 9.17) is 16.3 Å². The summed E-state index contributed by atoms with van der Waals surface area (Å²) in [7, 11) is -2.35. The number of benzene rings is 1. The first-order chi connectivity index (χ1) is 13.2. The molecule has 28 heavy (non-hydrogen) atoms. The first-order valence-electron chi connectivity index (χ1n) is 8.87. The van der Waals surface area contributed by atoms with Gasteiger partial charge in [-0.2, -0.15) is 4.72 Å². The van der Waals surface area contributed by atoms with Gasteiger partial charge in [0.25, 0.3) is 0 Å². The summed E-state index contributed by atoms with van der Waals surface area (Å²) < 4.78 is 33.9. The number of carbonyl (C=O) groups excluding carboxylic acids is 1. The number of amides is 1. The molecule has 0 radical (unpaired) electrons. The van der Waals surface area contributed by atoms with Gasteiger partial charge in [-0.1, -0.05) is 25.4 Å². The molecule has 0 bridgehead atoms. The fourth-order valence-electron chi connectivity index (χ4n) is 2.63. The van der Waals surface area contributed by atoms with Crippen LogP contribution in [0.1, 0.15) is 25.6 Å². The number of carbonyl (C=O) groups is 1. The molecule has 0 spiro atoms. The van der Waals surface area contributed by atoms with Crippen molar-refractivity contribution in [1.29, 1.82) is 0 Å². The average Bonchev–Trinajstić information content (AvgIpc) is 3.08. The molecule has 1 N–H and O–H groups in total. The number of thiophene rings is 1. The maximum absolute atomic E-state index is 13.1. The number of likely N-dealkylation sites (N-methyl/N-ethyl adjacent to an activating group) is 1. The van der Waals surface area contributed by atoms with Gasteiger partial charge >= 0.3 is 0 Å². The van der Waals surface area contributed by atoms with Crippen LogP contribution in [0.2, 0.25) is 4.34 Å². The average molecular weight is 445 g/mol. The Kier molecular flexibility index (Phi) is 7.88. The minimum atomic E-state index is -3.86. The Morgan fingerprint density at radius 3 is 2.32 bits per heavy atom. The second-order valence-corrected chi connectivity index (χ2v) is 10.1. The van der Waals surface area contributed by atoms with E-state index in [1.165, 1.54) is 30.6 Å². The van der Waals surface area contributed by atoms with E-state index in [1.807, 2.05) is 26.8 Å². The van der Waals surface area contributed by atoms with Gasteiger partial charge in [0, 0.05) is 11.4 Å². The van der Waals surface area contributed by atoms with Crippen LogP contribution in [-0.4, -0.2) is 38.9 Å². The molecule has 1 aromatic heterocycles. The van der Waals surface area contributed by atoms with E-state index in [9.17, 15) is 13.2 Å². The van der Waals surface area contributed by atoms with Crippen LogP contribution in [0, 0.1) is 5.92 Å². The highest BCUT2D eigenvalue weighted by Gasteiger charge is 2.31. The van der Waals surface area contributed by atoms with Crippen molar-refractivity contribution in [3.05, 3.63) is 45.6 Å². The van der Waals surface area contributed by atoms with Gasteiger partial charge in [0.2, 0.25) is 15.9 Å². The third-order valence-electron chi connectivity index (χ3n) is 4.25. The lowest BCUT2D eigenvalue weighted by Gasteiger charge is -2.28. The van der Waals surface area contributed by atoms with Crippen LogP contribution < -0.4 is 9.46 Å². The Morgan fingerprint density at radius 2 is 1.86 bits per heavy atom. The van der Waals surface area contributed by atoms with Crippen molar-refractivity contribution in [2.45, 2.75) is 38.3 Å². The molecule has 154 valence electrons. The van der Waals surface area contributed by atoms with Gasteiger partial charge in [0.15, 0.2) is 0 Å². The Labute approximate surface area is 175 Å². The molecular formula is C19H25ClN2O4S2. The fraction of sp³-hybridized carbons (Fsp3) is 0.421. The molecule has 0 aliphatic rings. The second-order valence-electron chi connectivity index (χ2n) is 6.58. The van der Waals surface area contributed by atoms with Crippen molar-refractivity contribution >= 4 is 38.9 Å². The molecule has 0 aliphatic carbocycles. The summed E-state index contributed by atoms with van der Waals surface area (Å²) in [5.74, 6) is 0.0720. The van der Waals surface area contributed by atoms with Gasteiger partial charge in [0.1, 0.15) is 11.8 Å². The van der Waals surface area contributed by atoms with Gasteiger partial charge in [-0.25, -0.2) is 8.42 Å². The molecule has 6 nitrogen and oxygen atoms in total. The SMILES string of the molecule is CCN(Cc1ccc(Cl)s1)C(=O)[C@@H](NS(=O)(=O)c1ccc(OC)cc1)C(C)C. The van der Waals surface area contributed by atoms with Crippen LogP contribution in [-0.2, 0) is 21.4 Å². The van der Waals surface area contributed by atoms with Crippen molar-refractivity contribution in [3.8, 4) is 5.75 Å². The van der Waals surface area contributed by atoms with Crippen molar-refractivity contribution in [1.82, 2.24) is 9.62 Å². The molecule has 1 amide bonds. The van der Waals surface area contributed by atoms with Crippen molar-refractivity contribution < 1.29 is 17.9 Å². The number of sulfonamides is 1. The van der Waals surface area contributed by atoms with Gasteiger partial charge in [-0.3, -0.25) is 4.79 Å². The minimum Gasteiger partial charge on any atom is -0.497 e. The number of halogens is 1. The van der Waals surface area contributed by atoms with E-state index in [-0.39, 0.29) is 16.7 Å². The first-order valence-corrected chi connectivity index (χ1v) is 11.5. The Morgan fingerprint density at radius 1 is 1.21 bits per heavy atom. The summed E-state index contributed by atoms with van der Waals surface area (Å²) in [6, 6.07) is 8.82.